The lowest BCUT2D eigenvalue weighted by atomic mass is 10.0. The number of allylic oxidation sites excluding steroid dienone is 3. The summed E-state index contributed by atoms with van der Waals surface area (Å²) in [5.41, 5.74) is 0. The largest absolute Gasteiger partial charge is 0.472 e. The number of hydrogen-bond donors (Lipinski definition) is 3. The van der Waals surface area contributed by atoms with Crippen molar-refractivity contribution in [3.05, 3.63) is 24.3 Å². The summed E-state index contributed by atoms with van der Waals surface area (Å²) in [4.78, 5) is 23.2. The zero-order valence-electron chi connectivity index (χ0n) is 44.0. The van der Waals surface area contributed by atoms with Gasteiger partial charge in [-0.3, -0.25) is 13.8 Å². The highest BCUT2D eigenvalue weighted by atomic mass is 31.2. The molecule has 65 heavy (non-hydrogen) atoms. The molecule has 0 aromatic carbocycles. The van der Waals surface area contributed by atoms with E-state index in [0.717, 1.165) is 38.5 Å². The number of aliphatic hydroxyl groups excluding tert-OH is 1. The number of rotatable bonds is 52. The minimum absolute atomic E-state index is 0.0636. The highest BCUT2D eigenvalue weighted by Gasteiger charge is 2.27. The van der Waals surface area contributed by atoms with Crippen LogP contribution in [0, 0.1) is 0 Å². The van der Waals surface area contributed by atoms with Crippen molar-refractivity contribution in [1.82, 2.24) is 5.32 Å². The first-order valence-corrected chi connectivity index (χ1v) is 29.7. The Labute approximate surface area is 404 Å². The lowest BCUT2D eigenvalue weighted by Crippen LogP contribution is -2.45. The summed E-state index contributed by atoms with van der Waals surface area (Å²) in [5, 5.41) is 13.8. The quantitative estimate of drug-likeness (QED) is 0.0243. The van der Waals surface area contributed by atoms with Crippen molar-refractivity contribution in [1.29, 1.82) is 0 Å². The Morgan fingerprint density at radius 3 is 1.18 bits per heavy atom. The van der Waals surface area contributed by atoms with Gasteiger partial charge in [-0.15, -0.1) is 0 Å². The fourth-order valence-corrected chi connectivity index (χ4v) is 9.19. The van der Waals surface area contributed by atoms with Gasteiger partial charge in [0, 0.05) is 6.42 Å². The first-order valence-electron chi connectivity index (χ1n) is 28.2. The molecular formula is C56H112N2O6P+. The Hall–Kier alpha value is -1.02. The first kappa shape index (κ1) is 64.0. The van der Waals surface area contributed by atoms with Crippen molar-refractivity contribution >= 4 is 13.7 Å². The highest BCUT2D eigenvalue weighted by Crippen LogP contribution is 2.43. The SMILES string of the molecule is CCCCCCCCCC/C=C\CCCCCCCCCCCCCCCCCCCCCCCC(=O)NC(COP(=O)(O)OCC[N+](C)(C)C)C(O)/C=C/CCCCCCCCCC. The van der Waals surface area contributed by atoms with Gasteiger partial charge in [-0.1, -0.05) is 250 Å². The minimum Gasteiger partial charge on any atom is -0.387 e. The molecule has 386 valence electrons. The number of unbranched alkanes of at least 4 members (excludes halogenated alkanes) is 37. The molecule has 8 nitrogen and oxygen atoms in total. The number of carbonyl (C=O) groups excluding carboxylic acids is 1. The van der Waals surface area contributed by atoms with Crippen LogP contribution < -0.4 is 5.32 Å². The Balaban J connectivity index is 3.91. The van der Waals surface area contributed by atoms with Crippen LogP contribution in [0.15, 0.2) is 24.3 Å². The van der Waals surface area contributed by atoms with E-state index < -0.39 is 20.0 Å². The smallest absolute Gasteiger partial charge is 0.387 e. The van der Waals surface area contributed by atoms with Gasteiger partial charge in [0.05, 0.1) is 39.9 Å². The van der Waals surface area contributed by atoms with Crippen LogP contribution in [0.3, 0.4) is 0 Å². The van der Waals surface area contributed by atoms with Crippen LogP contribution >= 0.6 is 7.82 Å². The molecule has 1 amide bonds. The van der Waals surface area contributed by atoms with E-state index in [1.165, 1.54) is 218 Å². The number of likely N-dealkylation sites (N-methyl/N-ethyl adjacent to an activating group) is 1. The van der Waals surface area contributed by atoms with E-state index in [0.29, 0.717) is 17.4 Å². The molecule has 3 unspecified atom stereocenters. The summed E-state index contributed by atoms with van der Waals surface area (Å²) in [6.45, 7) is 4.82. The third kappa shape index (κ3) is 50.7. The standard InChI is InChI=1S/C56H111N2O6P/c1-6-8-10-12-14-16-18-19-20-21-22-23-24-25-26-27-28-29-30-31-32-33-34-35-36-37-38-39-40-42-44-46-48-50-56(60)57-54(53-64-65(61,62)63-52-51-58(3,4)5)55(59)49-47-45-43-41-17-15-13-11-9-7-2/h21-22,47,49,54-55,59H,6-20,23-46,48,50-53H2,1-5H3,(H-,57,60,61,62)/p+1/b22-21-,49-47+. The van der Waals surface area contributed by atoms with Gasteiger partial charge < -0.3 is 19.8 Å². The van der Waals surface area contributed by atoms with Crippen molar-refractivity contribution in [2.75, 3.05) is 40.9 Å². The van der Waals surface area contributed by atoms with Gasteiger partial charge in [-0.05, 0) is 44.9 Å². The van der Waals surface area contributed by atoms with E-state index in [-0.39, 0.29) is 19.1 Å². The number of carbonyl (C=O) groups is 1. The second-order valence-electron chi connectivity index (χ2n) is 20.7. The van der Waals surface area contributed by atoms with Crippen LogP contribution in [0.4, 0.5) is 0 Å². The number of amides is 1. The number of phosphoric acid groups is 1. The molecule has 0 fully saturated rings. The molecule has 3 atom stereocenters. The predicted octanol–water partition coefficient (Wildman–Crippen LogP) is 16.8. The van der Waals surface area contributed by atoms with Crippen molar-refractivity contribution in [3.8, 4) is 0 Å². The lowest BCUT2D eigenvalue weighted by molar-refractivity contribution is -0.870. The summed E-state index contributed by atoms with van der Waals surface area (Å²) in [5.74, 6) is -0.174. The molecular weight excluding hydrogens is 828 g/mol. The van der Waals surface area contributed by atoms with E-state index in [2.05, 4.69) is 31.3 Å². The van der Waals surface area contributed by atoms with Crippen molar-refractivity contribution in [2.45, 2.75) is 289 Å². The maximum absolute atomic E-state index is 12.9. The lowest BCUT2D eigenvalue weighted by Gasteiger charge is -2.25. The molecule has 0 aliphatic rings. The number of hydrogen-bond acceptors (Lipinski definition) is 5. The zero-order chi connectivity index (χ0) is 47.8. The van der Waals surface area contributed by atoms with Crippen LogP contribution in [0.5, 0.6) is 0 Å². The maximum Gasteiger partial charge on any atom is 0.472 e. The predicted molar refractivity (Wildman–Crippen MR) is 281 cm³/mol. The number of aliphatic hydroxyl groups is 1. The summed E-state index contributed by atoms with van der Waals surface area (Å²) in [7, 11) is 1.58. The molecule has 0 aliphatic carbocycles. The number of nitrogens with one attached hydrogen (secondary N) is 1. The molecule has 0 aromatic heterocycles. The second-order valence-corrected chi connectivity index (χ2v) is 22.1. The van der Waals surface area contributed by atoms with E-state index in [1.807, 2.05) is 27.2 Å². The van der Waals surface area contributed by atoms with Crippen LogP contribution in [0.25, 0.3) is 0 Å². The molecule has 0 bridgehead atoms. The summed E-state index contributed by atoms with van der Waals surface area (Å²) < 4.78 is 23.6. The molecule has 0 saturated heterocycles. The van der Waals surface area contributed by atoms with Crippen molar-refractivity contribution in [3.63, 3.8) is 0 Å². The Morgan fingerprint density at radius 2 is 0.831 bits per heavy atom. The first-order chi connectivity index (χ1) is 31.5. The fraction of sp³-hybridized carbons (Fsp3) is 0.911. The molecule has 0 radical (unpaired) electrons. The van der Waals surface area contributed by atoms with Crippen LogP contribution in [0.2, 0.25) is 0 Å². The molecule has 0 spiro atoms. The van der Waals surface area contributed by atoms with E-state index >= 15 is 0 Å². The van der Waals surface area contributed by atoms with Crippen LogP contribution in [-0.2, 0) is 18.4 Å². The number of quaternary nitrogens is 1. The third-order valence-corrected chi connectivity index (χ3v) is 13.9. The van der Waals surface area contributed by atoms with E-state index in [4.69, 9.17) is 9.05 Å². The van der Waals surface area contributed by atoms with Crippen molar-refractivity contribution < 1.29 is 32.9 Å². The van der Waals surface area contributed by atoms with Gasteiger partial charge in [0.15, 0.2) is 0 Å². The normalized spacial score (nSPS) is 14.1. The monoisotopic (exact) mass is 940 g/mol. The topological polar surface area (TPSA) is 105 Å². The summed E-state index contributed by atoms with van der Waals surface area (Å²) in [6, 6.07) is -0.841. The summed E-state index contributed by atoms with van der Waals surface area (Å²) in [6.07, 6.45) is 60.2. The molecule has 0 heterocycles. The Morgan fingerprint density at radius 1 is 0.508 bits per heavy atom. The van der Waals surface area contributed by atoms with Crippen molar-refractivity contribution in [2.24, 2.45) is 0 Å². The van der Waals surface area contributed by atoms with E-state index in [1.54, 1.807) is 6.08 Å². The van der Waals surface area contributed by atoms with Gasteiger partial charge in [-0.25, -0.2) is 4.57 Å². The Bertz CT molecular complexity index is 1110. The molecule has 0 saturated carbocycles. The minimum atomic E-state index is -4.33. The third-order valence-electron chi connectivity index (χ3n) is 12.9. The fourth-order valence-electron chi connectivity index (χ4n) is 8.45. The van der Waals surface area contributed by atoms with Gasteiger partial charge >= 0.3 is 7.82 Å². The molecule has 0 aliphatic heterocycles. The number of nitrogens with zero attached hydrogens (tertiary/aromatic N) is 1. The van der Waals surface area contributed by atoms with Gasteiger partial charge in [0.2, 0.25) is 5.91 Å². The van der Waals surface area contributed by atoms with Gasteiger partial charge in [-0.2, -0.15) is 0 Å². The van der Waals surface area contributed by atoms with Gasteiger partial charge in [0.1, 0.15) is 13.2 Å². The molecule has 0 aromatic rings. The van der Waals surface area contributed by atoms with Crippen LogP contribution in [-0.4, -0.2) is 73.4 Å². The van der Waals surface area contributed by atoms with Crippen LogP contribution in [0.1, 0.15) is 277 Å². The maximum atomic E-state index is 12.9. The average molecular weight is 940 g/mol. The molecule has 0 rings (SSSR count). The summed E-state index contributed by atoms with van der Waals surface area (Å²) >= 11 is 0. The van der Waals surface area contributed by atoms with E-state index in [9.17, 15) is 19.4 Å². The second kappa shape index (κ2) is 48.0. The molecule has 3 N–H and O–H groups in total. The number of phosphoric ester groups is 1. The zero-order valence-corrected chi connectivity index (χ0v) is 44.9. The average Bonchev–Trinajstić information content (AvgIpc) is 3.26. The molecule has 9 heteroatoms. The highest BCUT2D eigenvalue weighted by molar-refractivity contribution is 7.47. The van der Waals surface area contributed by atoms with Gasteiger partial charge in [0.25, 0.3) is 0 Å². The Kier molecular flexibility index (Phi) is 47.3.